The molecule has 1 aromatic rings. The average Bonchev–Trinajstić information content (AvgIpc) is 3.14. The molecule has 2 atom stereocenters. The van der Waals surface area contributed by atoms with Gasteiger partial charge in [-0.25, -0.2) is 0 Å². The van der Waals surface area contributed by atoms with Crippen molar-refractivity contribution >= 4 is 47.4 Å². The summed E-state index contributed by atoms with van der Waals surface area (Å²) >= 11 is 12.0. The van der Waals surface area contributed by atoms with Crippen molar-refractivity contribution < 1.29 is 9.59 Å². The second kappa shape index (κ2) is 9.94. The zero-order valence-electron chi connectivity index (χ0n) is 15.2. The summed E-state index contributed by atoms with van der Waals surface area (Å²) in [7, 11) is 0. The van der Waals surface area contributed by atoms with Crippen LogP contribution in [0.25, 0.3) is 0 Å². The first-order valence-corrected chi connectivity index (χ1v) is 9.71. The third kappa shape index (κ3) is 5.27. The van der Waals surface area contributed by atoms with Crippen LogP contribution < -0.4 is 10.6 Å². The molecule has 0 aliphatic carbocycles. The summed E-state index contributed by atoms with van der Waals surface area (Å²) in [6.07, 6.45) is 0.979. The summed E-state index contributed by atoms with van der Waals surface area (Å²) in [5.41, 5.74) is 0.277. The number of nitrogens with one attached hydrogen (secondary N) is 2. The van der Waals surface area contributed by atoms with Gasteiger partial charge in [-0.05, 0) is 25.5 Å². The Hall–Kier alpha value is -1.05. The lowest BCUT2D eigenvalue weighted by atomic mass is 10.2. The molecule has 0 radical (unpaired) electrons. The molecule has 9 heteroatoms. The van der Waals surface area contributed by atoms with Crippen LogP contribution in [0, 0.1) is 0 Å². The molecule has 6 nitrogen and oxygen atoms in total. The van der Waals surface area contributed by atoms with E-state index in [9.17, 15) is 9.59 Å². The number of carbonyl (C=O) groups is 2. The minimum absolute atomic E-state index is 0. The van der Waals surface area contributed by atoms with E-state index in [0.717, 1.165) is 45.7 Å². The first-order chi connectivity index (χ1) is 12.5. The Morgan fingerprint density at radius 1 is 1.22 bits per heavy atom. The predicted molar refractivity (Wildman–Crippen MR) is 110 cm³/mol. The van der Waals surface area contributed by atoms with Crippen molar-refractivity contribution in [3.63, 3.8) is 0 Å². The molecular weight excluding hydrogens is 411 g/mol. The van der Waals surface area contributed by atoms with Crippen LogP contribution in [-0.2, 0) is 4.79 Å². The number of benzene rings is 1. The second-order valence-corrected chi connectivity index (χ2v) is 7.59. The third-order valence-corrected chi connectivity index (χ3v) is 5.88. The van der Waals surface area contributed by atoms with E-state index in [1.54, 1.807) is 25.1 Å². The van der Waals surface area contributed by atoms with Gasteiger partial charge in [0.25, 0.3) is 5.91 Å². The van der Waals surface area contributed by atoms with E-state index in [2.05, 4.69) is 15.5 Å². The van der Waals surface area contributed by atoms with Crippen LogP contribution in [0.15, 0.2) is 18.2 Å². The normalized spacial score (nSPS) is 21.4. The zero-order valence-corrected chi connectivity index (χ0v) is 17.5. The van der Waals surface area contributed by atoms with Crippen LogP contribution in [-0.4, -0.2) is 73.0 Å². The number of piperazine rings is 1. The summed E-state index contributed by atoms with van der Waals surface area (Å²) in [6, 6.07) is 4.67. The Kier molecular flexibility index (Phi) is 8.19. The van der Waals surface area contributed by atoms with E-state index in [0.29, 0.717) is 11.1 Å². The van der Waals surface area contributed by atoms with E-state index in [-0.39, 0.29) is 28.9 Å². The summed E-state index contributed by atoms with van der Waals surface area (Å²) < 4.78 is 0. The number of hydrogen-bond acceptors (Lipinski definition) is 4. The lowest BCUT2D eigenvalue weighted by molar-refractivity contribution is -0.131. The Labute approximate surface area is 176 Å². The number of rotatable bonds is 4. The van der Waals surface area contributed by atoms with Gasteiger partial charge in [-0.3, -0.25) is 14.5 Å². The van der Waals surface area contributed by atoms with Crippen molar-refractivity contribution in [1.29, 1.82) is 0 Å². The molecule has 2 unspecified atom stereocenters. The summed E-state index contributed by atoms with van der Waals surface area (Å²) in [5.74, 6) is -0.453. The molecule has 2 aliphatic heterocycles. The lowest BCUT2D eigenvalue weighted by Crippen LogP contribution is -2.50. The molecule has 2 aliphatic rings. The Bertz CT molecular complexity index is 683. The SMILES string of the molecule is CC(NC(=O)c1cccc(Cl)c1Cl)C(=O)N1CCC(N2CCNCC2)C1.Cl. The molecule has 2 fully saturated rings. The zero-order chi connectivity index (χ0) is 18.7. The van der Waals surface area contributed by atoms with Gasteiger partial charge in [0.1, 0.15) is 6.04 Å². The molecule has 27 heavy (non-hydrogen) atoms. The fourth-order valence-corrected chi connectivity index (χ4v) is 3.96. The molecule has 0 bridgehead atoms. The van der Waals surface area contributed by atoms with Crippen molar-refractivity contribution in [2.45, 2.75) is 25.4 Å². The van der Waals surface area contributed by atoms with Crippen LogP contribution in [0.4, 0.5) is 0 Å². The number of halogens is 3. The van der Waals surface area contributed by atoms with Gasteiger partial charge in [-0.15, -0.1) is 12.4 Å². The Morgan fingerprint density at radius 3 is 2.63 bits per heavy atom. The molecule has 0 saturated carbocycles. The van der Waals surface area contributed by atoms with Crippen LogP contribution in [0.2, 0.25) is 10.0 Å². The van der Waals surface area contributed by atoms with Gasteiger partial charge < -0.3 is 15.5 Å². The fourth-order valence-electron chi connectivity index (χ4n) is 3.58. The van der Waals surface area contributed by atoms with Crippen LogP contribution in [0.3, 0.4) is 0 Å². The fraction of sp³-hybridized carbons (Fsp3) is 0.556. The molecule has 1 aromatic carbocycles. The standard InChI is InChI=1S/C18H24Cl2N4O2.ClH/c1-12(22-17(25)14-3-2-4-15(19)16(14)20)18(26)24-8-5-13(11-24)23-9-6-21-7-10-23;/h2-4,12-13,21H,5-11H2,1H3,(H,22,25);1H. The highest BCUT2D eigenvalue weighted by Crippen LogP contribution is 2.25. The van der Waals surface area contributed by atoms with Crippen LogP contribution >= 0.6 is 35.6 Å². The van der Waals surface area contributed by atoms with Gasteiger partial charge in [0.15, 0.2) is 0 Å². The van der Waals surface area contributed by atoms with Gasteiger partial charge >= 0.3 is 0 Å². The first-order valence-electron chi connectivity index (χ1n) is 8.96. The first kappa shape index (κ1) is 22.2. The summed E-state index contributed by atoms with van der Waals surface area (Å²) in [5, 5.41) is 6.60. The van der Waals surface area contributed by atoms with Gasteiger partial charge in [0.2, 0.25) is 5.91 Å². The molecule has 3 rings (SSSR count). The Balaban J connectivity index is 0.00000261. The molecule has 0 aromatic heterocycles. The van der Waals surface area contributed by atoms with Crippen molar-refractivity contribution in [2.75, 3.05) is 39.3 Å². The summed E-state index contributed by atoms with van der Waals surface area (Å²) in [4.78, 5) is 29.4. The predicted octanol–water partition coefficient (Wildman–Crippen LogP) is 2.04. The summed E-state index contributed by atoms with van der Waals surface area (Å²) in [6.45, 7) is 7.19. The highest BCUT2D eigenvalue weighted by Gasteiger charge is 2.33. The highest BCUT2D eigenvalue weighted by atomic mass is 35.5. The molecule has 2 saturated heterocycles. The van der Waals surface area contributed by atoms with Gasteiger partial charge in [-0.1, -0.05) is 29.3 Å². The minimum Gasteiger partial charge on any atom is -0.340 e. The maximum atomic E-state index is 12.7. The van der Waals surface area contributed by atoms with E-state index < -0.39 is 11.9 Å². The van der Waals surface area contributed by atoms with E-state index >= 15 is 0 Å². The molecule has 150 valence electrons. The van der Waals surface area contributed by atoms with E-state index in [4.69, 9.17) is 23.2 Å². The van der Waals surface area contributed by atoms with E-state index in [1.807, 2.05) is 4.90 Å². The van der Waals surface area contributed by atoms with Gasteiger partial charge in [0, 0.05) is 45.3 Å². The van der Waals surface area contributed by atoms with Gasteiger partial charge in [0.05, 0.1) is 15.6 Å². The molecular formula is C18H25Cl3N4O2. The molecule has 2 N–H and O–H groups in total. The quantitative estimate of drug-likeness (QED) is 0.760. The minimum atomic E-state index is -0.612. The van der Waals surface area contributed by atoms with Gasteiger partial charge in [-0.2, -0.15) is 0 Å². The van der Waals surface area contributed by atoms with Crippen molar-refractivity contribution in [1.82, 2.24) is 20.4 Å². The van der Waals surface area contributed by atoms with Crippen LogP contribution in [0.5, 0.6) is 0 Å². The Morgan fingerprint density at radius 2 is 1.93 bits per heavy atom. The van der Waals surface area contributed by atoms with Crippen molar-refractivity contribution in [2.24, 2.45) is 0 Å². The smallest absolute Gasteiger partial charge is 0.253 e. The monoisotopic (exact) mass is 434 g/mol. The van der Waals surface area contributed by atoms with Crippen molar-refractivity contribution in [3.8, 4) is 0 Å². The number of carbonyl (C=O) groups excluding carboxylic acids is 2. The maximum absolute atomic E-state index is 12.7. The third-order valence-electron chi connectivity index (χ3n) is 5.06. The molecule has 2 heterocycles. The molecule has 2 amide bonds. The molecule has 0 spiro atoms. The maximum Gasteiger partial charge on any atom is 0.253 e. The number of amides is 2. The number of likely N-dealkylation sites (tertiary alicyclic amines) is 1. The average molecular weight is 436 g/mol. The largest absolute Gasteiger partial charge is 0.340 e. The van der Waals surface area contributed by atoms with E-state index in [1.165, 1.54) is 0 Å². The second-order valence-electron chi connectivity index (χ2n) is 6.81. The van der Waals surface area contributed by atoms with Crippen LogP contribution in [0.1, 0.15) is 23.7 Å². The topological polar surface area (TPSA) is 64.7 Å². The van der Waals surface area contributed by atoms with Crippen molar-refractivity contribution in [3.05, 3.63) is 33.8 Å². The number of hydrogen-bond donors (Lipinski definition) is 2. The lowest BCUT2D eigenvalue weighted by Gasteiger charge is -2.32. The highest BCUT2D eigenvalue weighted by molar-refractivity contribution is 6.43. The number of nitrogens with zero attached hydrogens (tertiary/aromatic N) is 2.